The van der Waals surface area contributed by atoms with Gasteiger partial charge in [0.25, 0.3) is 0 Å². The smallest absolute Gasteiger partial charge is 0.0537 e. The van der Waals surface area contributed by atoms with E-state index in [0.717, 1.165) is 19.0 Å². The van der Waals surface area contributed by atoms with E-state index in [-0.39, 0.29) is 0 Å². The average molecular weight is 255 g/mol. The van der Waals surface area contributed by atoms with Crippen LogP contribution in [0.1, 0.15) is 41.1 Å². The minimum absolute atomic E-state index is 0.834. The first-order valence-corrected chi connectivity index (χ1v) is 7.01. The third-order valence-corrected chi connectivity index (χ3v) is 3.98. The van der Waals surface area contributed by atoms with E-state index in [9.17, 15) is 0 Å². The van der Waals surface area contributed by atoms with Crippen LogP contribution in [0, 0.1) is 6.92 Å². The lowest BCUT2D eigenvalue weighted by atomic mass is 10.1. The van der Waals surface area contributed by atoms with Crippen LogP contribution >= 0.6 is 0 Å². The third kappa shape index (κ3) is 2.87. The van der Waals surface area contributed by atoms with Crippen LogP contribution in [0.25, 0.3) is 0 Å². The van der Waals surface area contributed by atoms with Gasteiger partial charge < -0.3 is 5.32 Å². The van der Waals surface area contributed by atoms with Gasteiger partial charge in [-0.05, 0) is 36.8 Å². The Morgan fingerprint density at radius 2 is 2.16 bits per heavy atom. The summed E-state index contributed by atoms with van der Waals surface area (Å²) < 4.78 is 1.92. The van der Waals surface area contributed by atoms with Gasteiger partial charge in [-0.3, -0.25) is 4.68 Å². The average Bonchev–Trinajstić information content (AvgIpc) is 3.22. The van der Waals surface area contributed by atoms with Gasteiger partial charge in [-0.25, -0.2) is 0 Å². The fourth-order valence-corrected chi connectivity index (χ4v) is 2.43. The van der Waals surface area contributed by atoms with Crippen molar-refractivity contribution in [3.05, 3.63) is 52.8 Å². The SMILES string of the molecule is Cc1c(CNCc2cccc(C3CC3)c2)cnn1C. The van der Waals surface area contributed by atoms with Gasteiger partial charge in [0.1, 0.15) is 0 Å². The van der Waals surface area contributed by atoms with Crippen molar-refractivity contribution in [1.29, 1.82) is 0 Å². The van der Waals surface area contributed by atoms with Crippen LogP contribution in [0.15, 0.2) is 30.5 Å². The molecule has 1 fully saturated rings. The Kier molecular flexibility index (Phi) is 3.38. The van der Waals surface area contributed by atoms with Crippen LogP contribution in [0.3, 0.4) is 0 Å². The molecule has 100 valence electrons. The normalized spacial score (nSPS) is 14.8. The monoisotopic (exact) mass is 255 g/mol. The molecule has 0 atom stereocenters. The fraction of sp³-hybridized carbons (Fsp3) is 0.438. The summed E-state index contributed by atoms with van der Waals surface area (Å²) in [4.78, 5) is 0. The molecule has 3 rings (SSSR count). The molecule has 0 unspecified atom stereocenters. The molecule has 2 aromatic rings. The van der Waals surface area contributed by atoms with Crippen LogP contribution in [0.2, 0.25) is 0 Å². The molecule has 1 aromatic carbocycles. The van der Waals surface area contributed by atoms with E-state index < -0.39 is 0 Å². The van der Waals surface area contributed by atoms with Crippen molar-refractivity contribution >= 4 is 0 Å². The maximum atomic E-state index is 4.26. The molecule has 1 aliphatic carbocycles. The summed E-state index contributed by atoms with van der Waals surface area (Å²) in [6, 6.07) is 8.99. The lowest BCUT2D eigenvalue weighted by Crippen LogP contribution is -2.13. The summed E-state index contributed by atoms with van der Waals surface area (Å²) in [5.41, 5.74) is 5.41. The molecule has 3 nitrogen and oxygen atoms in total. The number of aromatic nitrogens is 2. The maximum Gasteiger partial charge on any atom is 0.0537 e. The molecule has 0 radical (unpaired) electrons. The van der Waals surface area contributed by atoms with Crippen LogP contribution in [0.5, 0.6) is 0 Å². The lowest BCUT2D eigenvalue weighted by molar-refractivity contribution is 0.684. The van der Waals surface area contributed by atoms with E-state index >= 15 is 0 Å². The first-order chi connectivity index (χ1) is 9.24. The molecule has 19 heavy (non-hydrogen) atoms. The van der Waals surface area contributed by atoms with Crippen LogP contribution in [0.4, 0.5) is 0 Å². The molecule has 1 heterocycles. The highest BCUT2D eigenvalue weighted by atomic mass is 15.3. The zero-order valence-electron chi connectivity index (χ0n) is 11.7. The van der Waals surface area contributed by atoms with Crippen molar-refractivity contribution < 1.29 is 0 Å². The van der Waals surface area contributed by atoms with E-state index in [4.69, 9.17) is 0 Å². The lowest BCUT2D eigenvalue weighted by Gasteiger charge is -2.06. The predicted octanol–water partition coefficient (Wildman–Crippen LogP) is 2.90. The van der Waals surface area contributed by atoms with Gasteiger partial charge in [0, 0.05) is 31.4 Å². The summed E-state index contributed by atoms with van der Waals surface area (Å²) in [5.74, 6) is 0.834. The molecule has 1 saturated carbocycles. The Bertz CT molecular complexity index is 567. The number of benzene rings is 1. The van der Waals surface area contributed by atoms with Gasteiger partial charge in [-0.1, -0.05) is 24.3 Å². The summed E-state index contributed by atoms with van der Waals surface area (Å²) in [6.07, 6.45) is 4.68. The first-order valence-electron chi connectivity index (χ1n) is 7.01. The zero-order chi connectivity index (χ0) is 13.2. The van der Waals surface area contributed by atoms with Crippen molar-refractivity contribution in [2.75, 3.05) is 0 Å². The highest BCUT2D eigenvalue weighted by molar-refractivity contribution is 5.29. The minimum atomic E-state index is 0.834. The largest absolute Gasteiger partial charge is 0.308 e. The fourth-order valence-electron chi connectivity index (χ4n) is 2.43. The second-order valence-electron chi connectivity index (χ2n) is 5.50. The number of nitrogens with one attached hydrogen (secondary N) is 1. The van der Waals surface area contributed by atoms with Gasteiger partial charge in [-0.2, -0.15) is 5.10 Å². The van der Waals surface area contributed by atoms with Crippen molar-refractivity contribution in [3.8, 4) is 0 Å². The molecule has 0 bridgehead atoms. The van der Waals surface area contributed by atoms with Crippen LogP contribution < -0.4 is 5.32 Å². The molecule has 1 aliphatic rings. The Labute approximate surface area is 114 Å². The second kappa shape index (κ2) is 5.17. The van der Waals surface area contributed by atoms with Crippen molar-refractivity contribution in [2.45, 2.75) is 38.8 Å². The van der Waals surface area contributed by atoms with Crippen LogP contribution in [-0.2, 0) is 20.1 Å². The Morgan fingerprint density at radius 3 is 2.84 bits per heavy atom. The highest BCUT2D eigenvalue weighted by Crippen LogP contribution is 2.40. The van der Waals surface area contributed by atoms with Gasteiger partial charge in [-0.15, -0.1) is 0 Å². The summed E-state index contributed by atoms with van der Waals surface area (Å²) >= 11 is 0. The van der Waals surface area contributed by atoms with Crippen molar-refractivity contribution in [2.24, 2.45) is 7.05 Å². The summed E-state index contributed by atoms with van der Waals surface area (Å²) in [7, 11) is 1.98. The zero-order valence-corrected chi connectivity index (χ0v) is 11.7. The quantitative estimate of drug-likeness (QED) is 0.890. The first kappa shape index (κ1) is 12.4. The molecular formula is C16H21N3. The summed E-state index contributed by atoms with van der Waals surface area (Å²) in [6.45, 7) is 3.92. The molecule has 0 amide bonds. The van der Waals surface area contributed by atoms with Gasteiger partial charge in [0.05, 0.1) is 6.20 Å². The number of hydrogen-bond donors (Lipinski definition) is 1. The molecule has 3 heteroatoms. The van der Waals surface area contributed by atoms with Gasteiger partial charge >= 0.3 is 0 Å². The van der Waals surface area contributed by atoms with E-state index in [1.807, 2.05) is 17.9 Å². The van der Waals surface area contributed by atoms with Crippen molar-refractivity contribution in [3.63, 3.8) is 0 Å². The number of aryl methyl sites for hydroxylation is 1. The molecule has 0 saturated heterocycles. The Balaban J connectivity index is 1.57. The Morgan fingerprint density at radius 1 is 1.32 bits per heavy atom. The third-order valence-electron chi connectivity index (χ3n) is 3.98. The van der Waals surface area contributed by atoms with Gasteiger partial charge in [0.2, 0.25) is 0 Å². The topological polar surface area (TPSA) is 29.9 Å². The van der Waals surface area contributed by atoms with E-state index in [1.54, 1.807) is 0 Å². The molecule has 0 aliphatic heterocycles. The molecule has 1 N–H and O–H groups in total. The summed E-state index contributed by atoms with van der Waals surface area (Å²) in [5, 5.41) is 7.77. The highest BCUT2D eigenvalue weighted by Gasteiger charge is 2.23. The van der Waals surface area contributed by atoms with E-state index in [1.165, 1.54) is 35.2 Å². The number of nitrogens with zero attached hydrogens (tertiary/aromatic N) is 2. The standard InChI is InChI=1S/C16H21N3/c1-12-16(11-18-19(12)2)10-17-9-13-4-3-5-15(8-13)14-6-7-14/h3-5,8,11,14,17H,6-7,9-10H2,1-2H3. The molecule has 0 spiro atoms. The van der Waals surface area contributed by atoms with E-state index in [2.05, 4.69) is 41.6 Å². The van der Waals surface area contributed by atoms with Crippen molar-refractivity contribution in [1.82, 2.24) is 15.1 Å². The molecule has 1 aromatic heterocycles. The van der Waals surface area contributed by atoms with Gasteiger partial charge in [0.15, 0.2) is 0 Å². The number of rotatable bonds is 5. The Hall–Kier alpha value is -1.61. The van der Waals surface area contributed by atoms with Crippen LogP contribution in [-0.4, -0.2) is 9.78 Å². The molecular weight excluding hydrogens is 234 g/mol. The predicted molar refractivity (Wildman–Crippen MR) is 76.9 cm³/mol. The minimum Gasteiger partial charge on any atom is -0.308 e. The van der Waals surface area contributed by atoms with E-state index in [0.29, 0.717) is 0 Å². The number of hydrogen-bond acceptors (Lipinski definition) is 2. The maximum absolute atomic E-state index is 4.26. The second-order valence-corrected chi connectivity index (χ2v) is 5.50.